The first-order valence-corrected chi connectivity index (χ1v) is 9.63. The first kappa shape index (κ1) is 16.8. The van der Waals surface area contributed by atoms with Gasteiger partial charge in [-0.25, -0.2) is 17.1 Å². The zero-order chi connectivity index (χ0) is 15.6. The summed E-state index contributed by atoms with van der Waals surface area (Å²) < 4.78 is 38.2. The summed E-state index contributed by atoms with van der Waals surface area (Å²) in [5.41, 5.74) is 0.508. The number of hydrogen-bond acceptors (Lipinski definition) is 3. The summed E-state index contributed by atoms with van der Waals surface area (Å²) in [6.45, 7) is 0.917. The van der Waals surface area contributed by atoms with E-state index in [0.29, 0.717) is 28.6 Å². The molecule has 2 rings (SSSR count). The lowest BCUT2D eigenvalue weighted by Crippen LogP contribution is -2.39. The minimum atomic E-state index is -3.20. The predicted molar refractivity (Wildman–Crippen MR) is 87.2 cm³/mol. The lowest BCUT2D eigenvalue weighted by atomic mass is 9.92. The van der Waals surface area contributed by atoms with Crippen molar-refractivity contribution in [1.82, 2.24) is 4.31 Å². The summed E-state index contributed by atoms with van der Waals surface area (Å²) in [4.78, 5) is 12.3. The Labute approximate surface area is 137 Å². The second-order valence-electron chi connectivity index (χ2n) is 5.38. The number of carbonyl (C=O) groups is 1. The van der Waals surface area contributed by atoms with Crippen molar-refractivity contribution in [2.24, 2.45) is 5.92 Å². The van der Waals surface area contributed by atoms with Crippen molar-refractivity contribution in [2.75, 3.05) is 19.3 Å². The molecular weight excluding hydrogens is 408 g/mol. The van der Waals surface area contributed by atoms with Crippen LogP contribution in [0.5, 0.6) is 0 Å². The quantitative estimate of drug-likeness (QED) is 0.551. The highest BCUT2D eigenvalue weighted by Crippen LogP contribution is 2.24. The maximum absolute atomic E-state index is 13.1. The maximum Gasteiger partial charge on any atom is 0.211 e. The summed E-state index contributed by atoms with van der Waals surface area (Å²) in [6, 6.07) is 4.10. The Morgan fingerprint density at radius 1 is 1.48 bits per heavy atom. The van der Waals surface area contributed by atoms with Crippen molar-refractivity contribution in [3.63, 3.8) is 0 Å². The van der Waals surface area contributed by atoms with Gasteiger partial charge in [-0.1, -0.05) is 0 Å². The molecule has 1 saturated heterocycles. The molecule has 116 valence electrons. The van der Waals surface area contributed by atoms with Crippen molar-refractivity contribution in [2.45, 2.75) is 19.3 Å². The van der Waals surface area contributed by atoms with Crippen LogP contribution in [-0.4, -0.2) is 37.9 Å². The molecule has 0 aromatic heterocycles. The van der Waals surface area contributed by atoms with E-state index in [1.165, 1.54) is 28.8 Å². The van der Waals surface area contributed by atoms with Crippen LogP contribution < -0.4 is 0 Å². The summed E-state index contributed by atoms with van der Waals surface area (Å²) in [5.74, 6) is -0.390. The number of Topliss-reactive ketones (excluding diaryl/α,β-unsaturated/α-hetero) is 1. The summed E-state index contributed by atoms with van der Waals surface area (Å²) in [6.07, 6.45) is 3.11. The van der Waals surface area contributed by atoms with E-state index in [1.807, 2.05) is 22.6 Å². The monoisotopic (exact) mass is 425 g/mol. The van der Waals surface area contributed by atoms with Gasteiger partial charge in [0, 0.05) is 28.6 Å². The Bertz CT molecular complexity index is 648. The van der Waals surface area contributed by atoms with E-state index in [4.69, 9.17) is 0 Å². The smallest absolute Gasteiger partial charge is 0.211 e. The van der Waals surface area contributed by atoms with E-state index >= 15 is 0 Å². The van der Waals surface area contributed by atoms with Gasteiger partial charge in [0.2, 0.25) is 10.0 Å². The van der Waals surface area contributed by atoms with Crippen LogP contribution >= 0.6 is 22.6 Å². The Balaban J connectivity index is 2.05. The zero-order valence-electron chi connectivity index (χ0n) is 11.7. The van der Waals surface area contributed by atoms with E-state index in [2.05, 4.69) is 0 Å². The molecule has 1 aliphatic heterocycles. The zero-order valence-corrected chi connectivity index (χ0v) is 14.7. The Morgan fingerprint density at radius 3 is 2.81 bits per heavy atom. The number of rotatable bonds is 4. The molecular formula is C14H17FINO3S. The van der Waals surface area contributed by atoms with Gasteiger partial charge in [-0.15, -0.1) is 0 Å². The third-order valence-electron chi connectivity index (χ3n) is 3.66. The molecule has 0 saturated carbocycles. The predicted octanol–water partition coefficient (Wildman–Crippen LogP) is 2.67. The first-order chi connectivity index (χ1) is 9.77. The van der Waals surface area contributed by atoms with Crippen molar-refractivity contribution >= 4 is 38.4 Å². The number of benzene rings is 1. The van der Waals surface area contributed by atoms with E-state index in [-0.39, 0.29) is 17.5 Å². The largest absolute Gasteiger partial charge is 0.294 e. The van der Waals surface area contributed by atoms with Crippen LogP contribution in [-0.2, 0) is 10.0 Å². The van der Waals surface area contributed by atoms with Crippen molar-refractivity contribution in [3.05, 3.63) is 33.1 Å². The fourth-order valence-electron chi connectivity index (χ4n) is 2.58. The van der Waals surface area contributed by atoms with E-state index in [9.17, 15) is 17.6 Å². The lowest BCUT2D eigenvalue weighted by molar-refractivity contribution is 0.0941. The number of halogens is 2. The van der Waals surface area contributed by atoms with Crippen LogP contribution in [0.1, 0.15) is 29.6 Å². The SMILES string of the molecule is CS(=O)(=O)N1CCCC(CC(=O)c2ccc(F)cc2I)C1. The van der Waals surface area contributed by atoms with Crippen LogP contribution in [0.2, 0.25) is 0 Å². The van der Waals surface area contributed by atoms with Gasteiger partial charge >= 0.3 is 0 Å². The highest BCUT2D eigenvalue weighted by atomic mass is 127. The molecule has 0 N–H and O–H groups in total. The molecule has 0 spiro atoms. The van der Waals surface area contributed by atoms with Gasteiger partial charge in [-0.2, -0.15) is 0 Å². The van der Waals surface area contributed by atoms with E-state index in [1.54, 1.807) is 0 Å². The van der Waals surface area contributed by atoms with Gasteiger partial charge in [-0.05, 0) is 59.5 Å². The van der Waals surface area contributed by atoms with Crippen molar-refractivity contribution < 1.29 is 17.6 Å². The van der Waals surface area contributed by atoms with Crippen LogP contribution in [0.15, 0.2) is 18.2 Å². The average Bonchev–Trinajstić information content (AvgIpc) is 2.37. The van der Waals surface area contributed by atoms with Crippen LogP contribution in [0.4, 0.5) is 4.39 Å². The number of piperidine rings is 1. The van der Waals surface area contributed by atoms with Gasteiger partial charge in [0.15, 0.2) is 5.78 Å². The molecule has 0 bridgehead atoms. The summed E-state index contributed by atoms with van der Waals surface area (Å²) >= 11 is 1.95. The van der Waals surface area contributed by atoms with Crippen molar-refractivity contribution in [3.8, 4) is 0 Å². The minimum Gasteiger partial charge on any atom is -0.294 e. The third-order valence-corrected chi connectivity index (χ3v) is 5.82. The van der Waals surface area contributed by atoms with Gasteiger partial charge < -0.3 is 0 Å². The number of sulfonamides is 1. The Hall–Kier alpha value is -0.540. The number of carbonyl (C=O) groups excluding carboxylic acids is 1. The van der Waals surface area contributed by atoms with E-state index < -0.39 is 10.0 Å². The van der Waals surface area contributed by atoms with Gasteiger partial charge in [0.1, 0.15) is 5.82 Å². The van der Waals surface area contributed by atoms with Crippen LogP contribution in [0, 0.1) is 15.3 Å². The van der Waals surface area contributed by atoms with Gasteiger partial charge in [-0.3, -0.25) is 4.79 Å². The molecule has 1 aromatic carbocycles. The molecule has 1 atom stereocenters. The fraction of sp³-hybridized carbons (Fsp3) is 0.500. The van der Waals surface area contributed by atoms with Crippen LogP contribution in [0.3, 0.4) is 0 Å². The number of nitrogens with zero attached hydrogens (tertiary/aromatic N) is 1. The molecule has 1 heterocycles. The normalized spacial score (nSPS) is 20.4. The molecule has 7 heteroatoms. The molecule has 0 radical (unpaired) electrons. The standard InChI is InChI=1S/C14H17FINO3S/c1-21(19,20)17-6-2-3-10(9-17)7-14(18)12-5-4-11(15)8-13(12)16/h4-5,8,10H,2-3,6-7,9H2,1H3. The molecule has 1 fully saturated rings. The highest BCUT2D eigenvalue weighted by molar-refractivity contribution is 14.1. The second kappa shape index (κ2) is 6.70. The molecule has 1 unspecified atom stereocenters. The molecule has 4 nitrogen and oxygen atoms in total. The maximum atomic E-state index is 13.1. The minimum absolute atomic E-state index is 0.0295. The Kier molecular flexibility index (Phi) is 5.37. The molecule has 0 aliphatic carbocycles. The fourth-order valence-corrected chi connectivity index (χ4v) is 4.30. The highest BCUT2D eigenvalue weighted by Gasteiger charge is 2.27. The topological polar surface area (TPSA) is 54.5 Å². The molecule has 1 aliphatic rings. The average molecular weight is 425 g/mol. The summed E-state index contributed by atoms with van der Waals surface area (Å²) in [7, 11) is -3.20. The number of ketones is 1. The second-order valence-corrected chi connectivity index (χ2v) is 8.53. The van der Waals surface area contributed by atoms with E-state index in [0.717, 1.165) is 12.8 Å². The third kappa shape index (κ3) is 4.46. The van der Waals surface area contributed by atoms with Gasteiger partial charge in [0.25, 0.3) is 0 Å². The number of hydrogen-bond donors (Lipinski definition) is 0. The van der Waals surface area contributed by atoms with Crippen molar-refractivity contribution in [1.29, 1.82) is 0 Å². The molecule has 21 heavy (non-hydrogen) atoms. The molecule has 0 amide bonds. The van der Waals surface area contributed by atoms with Gasteiger partial charge in [0.05, 0.1) is 6.26 Å². The summed E-state index contributed by atoms with van der Waals surface area (Å²) in [5, 5.41) is 0. The first-order valence-electron chi connectivity index (χ1n) is 6.71. The molecule has 1 aromatic rings. The Morgan fingerprint density at radius 2 is 2.19 bits per heavy atom. The lowest BCUT2D eigenvalue weighted by Gasteiger charge is -2.30. The van der Waals surface area contributed by atoms with Crippen LogP contribution in [0.25, 0.3) is 0 Å².